The first-order valence-electron chi connectivity index (χ1n) is 27.1. The highest BCUT2D eigenvalue weighted by atomic mass is 32.1. The molecule has 0 saturated heterocycles. The maximum Gasteiger partial charge on any atom is 0.330 e. The standard InChI is InChI=1S/C61H71N3O14S/c1-4-16-44(59(69)76-50-30-26-48(27-31-50)71-36-11-7-13-38-73-55(65)5-2)17-15-20-57(67)78-53-34-21-43(41-47(53)42-62-64-61-63-52-18-9-10-19-54(52)79-61)35-40-75-58(68)45-22-24-46(25-23-45)60(70)77-51-32-28-49(29-33-51)72-37-12-8-14-39-74-56(66)6-3/h5-6,9-10,18-19,21,26-34,41-42,44-46H,2-4,7-8,11-17,20,22-25,35-40H2,1H3,(H,63,64)/b62-42+. The van der Waals surface area contributed by atoms with E-state index in [4.69, 9.17) is 37.9 Å². The minimum Gasteiger partial charge on any atom is -0.494 e. The molecule has 79 heavy (non-hydrogen) atoms. The predicted molar refractivity (Wildman–Crippen MR) is 300 cm³/mol. The number of ether oxygens (including phenoxy) is 8. The highest BCUT2D eigenvalue weighted by Crippen LogP contribution is 2.32. The van der Waals surface area contributed by atoms with Crippen molar-refractivity contribution in [3.05, 3.63) is 127 Å². The van der Waals surface area contributed by atoms with Gasteiger partial charge in [0, 0.05) is 30.6 Å². The molecule has 0 amide bonds. The van der Waals surface area contributed by atoms with Crippen LogP contribution in [0.25, 0.3) is 10.2 Å². The second kappa shape index (κ2) is 33.4. The molecule has 0 bridgehead atoms. The number of nitrogens with zero attached hydrogens (tertiary/aromatic N) is 2. The fraction of sp³-hybridized carbons (Fsp3) is 0.410. The van der Waals surface area contributed by atoms with E-state index in [-0.39, 0.29) is 48.5 Å². The number of unbranched alkanes of at least 4 members (excludes halogenated alkanes) is 4. The van der Waals surface area contributed by atoms with Crippen molar-refractivity contribution in [1.82, 2.24) is 4.98 Å². The molecule has 1 heterocycles. The van der Waals surface area contributed by atoms with E-state index in [9.17, 15) is 28.8 Å². The lowest BCUT2D eigenvalue weighted by Gasteiger charge is -2.26. The van der Waals surface area contributed by atoms with Crippen molar-refractivity contribution in [2.75, 3.05) is 38.5 Å². The number of aromatic nitrogens is 1. The van der Waals surface area contributed by atoms with Crippen LogP contribution in [0.5, 0.6) is 28.7 Å². The molecule has 5 aromatic rings. The number of para-hydroxylation sites is 1. The Labute approximate surface area is 465 Å². The molecule has 1 N–H and O–H groups in total. The number of thiazole rings is 1. The van der Waals surface area contributed by atoms with Crippen LogP contribution in [0, 0.1) is 17.8 Å². The van der Waals surface area contributed by atoms with Gasteiger partial charge in [-0.1, -0.05) is 56.0 Å². The Bertz CT molecular complexity index is 2770. The van der Waals surface area contributed by atoms with Gasteiger partial charge in [0.1, 0.15) is 28.7 Å². The van der Waals surface area contributed by atoms with Crippen molar-refractivity contribution in [2.45, 2.75) is 110 Å². The zero-order valence-corrected chi connectivity index (χ0v) is 45.7. The van der Waals surface area contributed by atoms with Gasteiger partial charge in [0.25, 0.3) is 0 Å². The van der Waals surface area contributed by atoms with E-state index >= 15 is 0 Å². The maximum absolute atomic E-state index is 13.3. The highest BCUT2D eigenvalue weighted by Gasteiger charge is 2.32. The SMILES string of the molecule is C=CC(=O)OCCCCCOc1ccc(OC(=O)C(CCC)CCCC(=O)Oc2ccc(CCOC(=O)C3CCC(C(=O)Oc4ccc(OCCCCCOC(=O)C=C)cc4)CC3)cc2/C=N/Nc2nc3ccccc3s2)cc1. The van der Waals surface area contributed by atoms with E-state index in [1.54, 1.807) is 60.8 Å². The van der Waals surface area contributed by atoms with E-state index in [1.807, 2.05) is 43.3 Å². The summed E-state index contributed by atoms with van der Waals surface area (Å²) in [4.78, 5) is 79.8. The van der Waals surface area contributed by atoms with Gasteiger partial charge < -0.3 is 37.9 Å². The number of fused-ring (bicyclic) bond motifs is 1. The van der Waals surface area contributed by atoms with Crippen molar-refractivity contribution >= 4 is 68.7 Å². The Hall–Kier alpha value is -7.86. The Morgan fingerprint density at radius 1 is 0.646 bits per heavy atom. The zero-order valence-electron chi connectivity index (χ0n) is 44.9. The first-order valence-corrected chi connectivity index (χ1v) is 27.9. The third kappa shape index (κ3) is 21.5. The van der Waals surface area contributed by atoms with Gasteiger partial charge in [-0.2, -0.15) is 5.10 Å². The van der Waals surface area contributed by atoms with Crippen LogP contribution in [0.15, 0.2) is 121 Å². The number of carbonyl (C=O) groups is 6. The molecule has 1 aliphatic rings. The van der Waals surface area contributed by atoms with Crippen LogP contribution >= 0.6 is 11.3 Å². The van der Waals surface area contributed by atoms with Crippen LogP contribution in [0.4, 0.5) is 5.13 Å². The summed E-state index contributed by atoms with van der Waals surface area (Å²) in [5, 5.41) is 5.01. The lowest BCUT2D eigenvalue weighted by Crippen LogP contribution is -2.29. The summed E-state index contributed by atoms with van der Waals surface area (Å²) >= 11 is 1.45. The average Bonchev–Trinajstić information content (AvgIpc) is 3.90. The summed E-state index contributed by atoms with van der Waals surface area (Å²) in [6.45, 7) is 10.5. The normalized spacial score (nSPS) is 14.3. The molecule has 0 spiro atoms. The molecule has 4 aromatic carbocycles. The van der Waals surface area contributed by atoms with Gasteiger partial charge in [0.05, 0.1) is 67.2 Å². The van der Waals surface area contributed by atoms with Crippen molar-refractivity contribution in [3.8, 4) is 28.7 Å². The Kier molecular flexibility index (Phi) is 25.6. The molecule has 1 saturated carbocycles. The van der Waals surface area contributed by atoms with Gasteiger partial charge in [-0.05, 0) is 162 Å². The third-order valence-electron chi connectivity index (χ3n) is 12.9. The molecule has 0 radical (unpaired) electrons. The van der Waals surface area contributed by atoms with Gasteiger partial charge in [-0.15, -0.1) is 0 Å². The lowest BCUT2D eigenvalue weighted by atomic mass is 9.82. The number of rotatable bonds is 34. The number of nitrogens with one attached hydrogen (secondary N) is 1. The number of benzene rings is 4. The average molecular weight is 1100 g/mol. The van der Waals surface area contributed by atoms with Crippen LogP contribution in [-0.2, 0) is 49.4 Å². The third-order valence-corrected chi connectivity index (χ3v) is 13.9. The number of hydrogen-bond donors (Lipinski definition) is 1. The van der Waals surface area contributed by atoms with Crippen LogP contribution in [-0.4, -0.2) is 80.0 Å². The second-order valence-corrected chi connectivity index (χ2v) is 19.9. The minimum absolute atomic E-state index is 0.0629. The summed E-state index contributed by atoms with van der Waals surface area (Å²) in [7, 11) is 0. The summed E-state index contributed by atoms with van der Waals surface area (Å²) < 4.78 is 45.6. The summed E-state index contributed by atoms with van der Waals surface area (Å²) in [5.41, 5.74) is 5.16. The molecule has 0 aliphatic heterocycles. The summed E-state index contributed by atoms with van der Waals surface area (Å²) in [6, 6.07) is 26.8. The van der Waals surface area contributed by atoms with E-state index in [1.165, 1.54) is 11.3 Å². The predicted octanol–water partition coefficient (Wildman–Crippen LogP) is 11.9. The second-order valence-electron chi connectivity index (χ2n) is 18.9. The topological polar surface area (TPSA) is 214 Å². The lowest BCUT2D eigenvalue weighted by molar-refractivity contribution is -0.152. The molecule has 420 valence electrons. The Balaban J connectivity index is 0.934. The molecule has 18 heteroatoms. The number of hydrogen-bond acceptors (Lipinski definition) is 18. The summed E-state index contributed by atoms with van der Waals surface area (Å²) in [6.07, 6.45) is 13.2. The van der Waals surface area contributed by atoms with Crippen LogP contribution in [0.3, 0.4) is 0 Å². The van der Waals surface area contributed by atoms with Gasteiger partial charge in [-0.25, -0.2) is 14.6 Å². The molecule has 6 rings (SSSR count). The molecule has 1 atom stereocenters. The highest BCUT2D eigenvalue weighted by molar-refractivity contribution is 7.22. The van der Waals surface area contributed by atoms with Gasteiger partial charge in [0.15, 0.2) is 0 Å². The van der Waals surface area contributed by atoms with E-state index in [2.05, 4.69) is 28.7 Å². The van der Waals surface area contributed by atoms with Gasteiger partial charge in [0.2, 0.25) is 5.13 Å². The Morgan fingerprint density at radius 3 is 1.84 bits per heavy atom. The molecule has 1 fully saturated rings. The molecular weight excluding hydrogens is 1030 g/mol. The Morgan fingerprint density at radius 2 is 1.23 bits per heavy atom. The zero-order chi connectivity index (χ0) is 56.0. The van der Waals surface area contributed by atoms with Crippen molar-refractivity contribution < 1.29 is 66.7 Å². The molecular formula is C61H71N3O14S. The molecule has 1 unspecified atom stereocenters. The quantitative estimate of drug-likeness (QED) is 0.00771. The van der Waals surface area contributed by atoms with Crippen LogP contribution in [0.2, 0.25) is 0 Å². The van der Waals surface area contributed by atoms with E-state index in [0.29, 0.717) is 111 Å². The fourth-order valence-corrected chi connectivity index (χ4v) is 9.40. The largest absolute Gasteiger partial charge is 0.494 e. The smallest absolute Gasteiger partial charge is 0.330 e. The van der Waals surface area contributed by atoms with Crippen molar-refractivity contribution in [3.63, 3.8) is 0 Å². The van der Waals surface area contributed by atoms with Crippen molar-refractivity contribution in [1.29, 1.82) is 0 Å². The van der Waals surface area contributed by atoms with Crippen LogP contribution < -0.4 is 29.1 Å². The minimum atomic E-state index is -0.472. The van der Waals surface area contributed by atoms with Gasteiger partial charge in [-0.3, -0.25) is 24.6 Å². The first-order chi connectivity index (χ1) is 38.5. The first kappa shape index (κ1) is 60.4. The number of hydrazone groups is 1. The molecule has 1 aliphatic carbocycles. The molecule has 17 nitrogen and oxygen atoms in total. The van der Waals surface area contributed by atoms with Crippen LogP contribution in [0.1, 0.15) is 114 Å². The van der Waals surface area contributed by atoms with Crippen molar-refractivity contribution in [2.24, 2.45) is 22.9 Å². The fourth-order valence-electron chi connectivity index (χ4n) is 8.58. The van der Waals surface area contributed by atoms with Gasteiger partial charge >= 0.3 is 35.8 Å². The summed E-state index contributed by atoms with van der Waals surface area (Å²) in [5.74, 6) is -1.04. The number of carbonyl (C=O) groups excluding carboxylic acids is 6. The number of esters is 6. The maximum atomic E-state index is 13.3. The number of anilines is 1. The van der Waals surface area contributed by atoms with E-state index in [0.717, 1.165) is 72.9 Å². The van der Waals surface area contributed by atoms with E-state index < -0.39 is 23.8 Å². The molecule has 1 aromatic heterocycles. The monoisotopic (exact) mass is 1100 g/mol.